The second-order valence-electron chi connectivity index (χ2n) is 5.87. The molecular formula is C21H16FN3O3S. The summed E-state index contributed by atoms with van der Waals surface area (Å²) >= 11 is 0. The maximum absolute atomic E-state index is 13.3. The molecule has 146 valence electrons. The molecule has 0 saturated carbocycles. The molecule has 1 N–H and O–H groups in total. The van der Waals surface area contributed by atoms with Crippen molar-refractivity contribution in [1.29, 1.82) is 5.26 Å². The van der Waals surface area contributed by atoms with E-state index in [-0.39, 0.29) is 34.3 Å². The molecule has 0 amide bonds. The van der Waals surface area contributed by atoms with Gasteiger partial charge < -0.3 is 4.74 Å². The Kier molecular flexibility index (Phi) is 5.90. The molecule has 0 spiro atoms. The van der Waals surface area contributed by atoms with Crippen LogP contribution >= 0.6 is 0 Å². The molecule has 0 aliphatic carbocycles. The summed E-state index contributed by atoms with van der Waals surface area (Å²) in [4.78, 5) is 4.37. The van der Waals surface area contributed by atoms with Gasteiger partial charge in [0, 0.05) is 5.56 Å². The lowest BCUT2D eigenvalue weighted by molar-refractivity contribution is 0.348. The number of pyridine rings is 1. The highest BCUT2D eigenvalue weighted by Gasteiger charge is 2.20. The van der Waals surface area contributed by atoms with Crippen molar-refractivity contribution in [2.75, 3.05) is 11.3 Å². The lowest BCUT2D eigenvalue weighted by Crippen LogP contribution is -2.14. The maximum Gasteiger partial charge on any atom is 0.261 e. The minimum Gasteiger partial charge on any atom is -0.472 e. The van der Waals surface area contributed by atoms with Crippen LogP contribution in [0.2, 0.25) is 0 Å². The third-order valence-corrected chi connectivity index (χ3v) is 5.24. The van der Waals surface area contributed by atoms with Crippen molar-refractivity contribution in [2.45, 2.75) is 4.90 Å². The largest absolute Gasteiger partial charge is 0.472 e. The van der Waals surface area contributed by atoms with Crippen molar-refractivity contribution >= 4 is 15.7 Å². The van der Waals surface area contributed by atoms with E-state index in [2.05, 4.69) is 16.3 Å². The number of halogens is 1. The Hall–Kier alpha value is -3.70. The summed E-state index contributed by atoms with van der Waals surface area (Å²) in [7, 11) is -3.94. The molecule has 0 fully saturated rings. The number of hydrogen-bond acceptors (Lipinski definition) is 5. The van der Waals surface area contributed by atoms with Crippen molar-refractivity contribution in [1.82, 2.24) is 4.98 Å². The third kappa shape index (κ3) is 4.59. The fraction of sp³-hybridized carbons (Fsp3) is 0.0476. The standard InChI is InChI=1S/C21H16FN3O3S/c1-2-12-28-21-16(14-23)13-19(20(24-21)15-8-10-17(22)11-9-15)25-29(26,27)18-6-4-3-5-7-18/h2-11,13,25H,1,12H2. The van der Waals surface area contributed by atoms with Crippen LogP contribution in [0.3, 0.4) is 0 Å². The summed E-state index contributed by atoms with van der Waals surface area (Å²) in [6.07, 6.45) is 1.49. The van der Waals surface area contributed by atoms with Crippen LogP contribution in [-0.2, 0) is 10.0 Å². The normalized spacial score (nSPS) is 10.8. The van der Waals surface area contributed by atoms with Crippen molar-refractivity contribution in [3.63, 3.8) is 0 Å². The second kappa shape index (κ2) is 8.54. The van der Waals surface area contributed by atoms with Gasteiger partial charge >= 0.3 is 0 Å². The van der Waals surface area contributed by atoms with Gasteiger partial charge in [0.1, 0.15) is 24.1 Å². The Morgan fingerprint density at radius 3 is 2.48 bits per heavy atom. The quantitative estimate of drug-likeness (QED) is 0.593. The average Bonchev–Trinajstić information content (AvgIpc) is 2.73. The topological polar surface area (TPSA) is 92.1 Å². The molecule has 0 aliphatic heterocycles. The molecule has 0 atom stereocenters. The summed E-state index contributed by atoms with van der Waals surface area (Å²) in [5.41, 5.74) is 0.763. The molecule has 29 heavy (non-hydrogen) atoms. The number of nitrogens with zero attached hydrogens (tertiary/aromatic N) is 2. The fourth-order valence-electron chi connectivity index (χ4n) is 2.53. The van der Waals surface area contributed by atoms with Gasteiger partial charge in [0.25, 0.3) is 10.0 Å². The molecule has 0 bridgehead atoms. The molecule has 0 radical (unpaired) electrons. The van der Waals surface area contributed by atoms with E-state index in [1.807, 2.05) is 6.07 Å². The van der Waals surface area contributed by atoms with Crippen LogP contribution in [0.5, 0.6) is 5.88 Å². The van der Waals surface area contributed by atoms with Crippen molar-refractivity contribution in [2.24, 2.45) is 0 Å². The number of anilines is 1. The Morgan fingerprint density at radius 2 is 1.86 bits per heavy atom. The number of hydrogen-bond donors (Lipinski definition) is 1. The lowest BCUT2D eigenvalue weighted by atomic mass is 10.1. The Bertz CT molecular complexity index is 1170. The van der Waals surface area contributed by atoms with Gasteiger partial charge in [0.2, 0.25) is 5.88 Å². The Balaban J connectivity index is 2.14. The predicted octanol–water partition coefficient (Wildman–Crippen LogP) is 4.12. The van der Waals surface area contributed by atoms with Crippen molar-refractivity contribution < 1.29 is 17.5 Å². The summed E-state index contributed by atoms with van der Waals surface area (Å²) < 4.78 is 46.8. The number of benzene rings is 2. The second-order valence-corrected chi connectivity index (χ2v) is 7.56. The van der Waals surface area contributed by atoms with E-state index in [1.54, 1.807) is 18.2 Å². The fourth-order valence-corrected chi connectivity index (χ4v) is 3.61. The van der Waals surface area contributed by atoms with Crippen LogP contribution in [0, 0.1) is 17.1 Å². The molecule has 0 saturated heterocycles. The summed E-state index contributed by atoms with van der Waals surface area (Å²) in [5, 5.41) is 9.43. The van der Waals surface area contributed by atoms with Gasteiger partial charge in [-0.3, -0.25) is 4.72 Å². The predicted molar refractivity (Wildman–Crippen MR) is 107 cm³/mol. The van der Waals surface area contributed by atoms with Crippen LogP contribution in [0.4, 0.5) is 10.1 Å². The number of ether oxygens (including phenoxy) is 1. The number of nitriles is 1. The molecule has 8 heteroatoms. The molecule has 3 rings (SSSR count). The van der Waals surface area contributed by atoms with Crippen LogP contribution in [-0.4, -0.2) is 20.0 Å². The molecule has 6 nitrogen and oxygen atoms in total. The number of nitrogens with one attached hydrogen (secondary N) is 1. The molecule has 1 aromatic heterocycles. The first-order valence-electron chi connectivity index (χ1n) is 8.47. The molecule has 3 aromatic rings. The average molecular weight is 409 g/mol. The van der Waals surface area contributed by atoms with Gasteiger partial charge in [0.15, 0.2) is 0 Å². The van der Waals surface area contributed by atoms with E-state index in [0.717, 1.165) is 0 Å². The first-order valence-corrected chi connectivity index (χ1v) is 9.95. The smallest absolute Gasteiger partial charge is 0.261 e. The highest BCUT2D eigenvalue weighted by Crippen LogP contribution is 2.33. The Morgan fingerprint density at radius 1 is 1.17 bits per heavy atom. The number of sulfonamides is 1. The third-order valence-electron chi connectivity index (χ3n) is 3.86. The first kappa shape index (κ1) is 20.0. The number of rotatable bonds is 7. The van der Waals surface area contributed by atoms with Gasteiger partial charge in [-0.15, -0.1) is 0 Å². The van der Waals surface area contributed by atoms with E-state index >= 15 is 0 Å². The Labute approximate surface area is 168 Å². The van der Waals surface area contributed by atoms with Crippen LogP contribution in [0.15, 0.2) is 78.2 Å². The summed E-state index contributed by atoms with van der Waals surface area (Å²) in [5.74, 6) is -0.425. The van der Waals surface area contributed by atoms with E-state index in [9.17, 15) is 18.1 Å². The van der Waals surface area contributed by atoms with E-state index in [1.165, 1.54) is 48.5 Å². The summed E-state index contributed by atoms with van der Waals surface area (Å²) in [6, 6.07) is 16.4. The first-order chi connectivity index (χ1) is 13.9. The van der Waals surface area contributed by atoms with Gasteiger partial charge in [-0.2, -0.15) is 5.26 Å². The monoisotopic (exact) mass is 409 g/mol. The van der Waals surface area contributed by atoms with E-state index in [4.69, 9.17) is 4.74 Å². The van der Waals surface area contributed by atoms with Gasteiger partial charge in [-0.1, -0.05) is 30.9 Å². The van der Waals surface area contributed by atoms with Crippen LogP contribution in [0.25, 0.3) is 11.3 Å². The highest BCUT2D eigenvalue weighted by atomic mass is 32.2. The van der Waals surface area contributed by atoms with Gasteiger partial charge in [-0.05, 0) is 42.5 Å². The van der Waals surface area contributed by atoms with Crippen LogP contribution < -0.4 is 9.46 Å². The van der Waals surface area contributed by atoms with Crippen molar-refractivity contribution in [3.8, 4) is 23.2 Å². The minimum absolute atomic E-state index is 0.0226. The van der Waals surface area contributed by atoms with E-state index in [0.29, 0.717) is 5.56 Å². The zero-order chi connectivity index (χ0) is 20.9. The SMILES string of the molecule is C=CCOc1nc(-c2ccc(F)cc2)c(NS(=O)(=O)c2ccccc2)cc1C#N. The number of aromatic nitrogens is 1. The lowest BCUT2D eigenvalue weighted by Gasteiger charge is -2.15. The van der Waals surface area contributed by atoms with Gasteiger partial charge in [-0.25, -0.2) is 17.8 Å². The molecule has 0 unspecified atom stereocenters. The molecular weight excluding hydrogens is 393 g/mol. The minimum atomic E-state index is -3.94. The zero-order valence-corrected chi connectivity index (χ0v) is 16.0. The molecule has 2 aromatic carbocycles. The van der Waals surface area contributed by atoms with Crippen molar-refractivity contribution in [3.05, 3.63) is 84.7 Å². The molecule has 0 aliphatic rings. The zero-order valence-electron chi connectivity index (χ0n) is 15.2. The summed E-state index contributed by atoms with van der Waals surface area (Å²) in [6.45, 7) is 3.66. The maximum atomic E-state index is 13.3. The highest BCUT2D eigenvalue weighted by molar-refractivity contribution is 7.92. The van der Waals surface area contributed by atoms with Gasteiger partial charge in [0.05, 0.1) is 16.3 Å². The van der Waals surface area contributed by atoms with Crippen LogP contribution in [0.1, 0.15) is 5.56 Å². The van der Waals surface area contributed by atoms with E-state index < -0.39 is 15.8 Å². The molecule has 1 heterocycles.